The third-order valence-electron chi connectivity index (χ3n) is 1.86. The summed E-state index contributed by atoms with van der Waals surface area (Å²) in [5, 5.41) is 10.3. The molecule has 0 aliphatic carbocycles. The Kier molecular flexibility index (Phi) is 1.77. The number of aromatic hydroxyl groups is 1. The summed E-state index contributed by atoms with van der Waals surface area (Å²) in [4.78, 5) is 4.12. The van der Waals surface area contributed by atoms with Crippen LogP contribution in [0.5, 0.6) is 11.6 Å². The van der Waals surface area contributed by atoms with Crippen LogP contribution in [0.2, 0.25) is 0 Å². The average molecular weight is 175 g/mol. The minimum absolute atomic E-state index is 0.0706. The minimum atomic E-state index is 0.0706. The molecule has 0 aliphatic heterocycles. The number of para-hydroxylation sites is 1. The first-order chi connectivity index (χ1) is 6.31. The molecule has 13 heavy (non-hydrogen) atoms. The normalized spacial score (nSPS) is 10.2. The number of aromatic nitrogens is 1. The Morgan fingerprint density at radius 1 is 1.31 bits per heavy atom. The zero-order valence-electron chi connectivity index (χ0n) is 7.19. The number of hydrogen-bond acceptors (Lipinski definition) is 3. The summed E-state index contributed by atoms with van der Waals surface area (Å²) >= 11 is 0. The fraction of sp³-hybridized carbons (Fsp3) is 0.100. The van der Waals surface area contributed by atoms with Crippen LogP contribution in [0.3, 0.4) is 0 Å². The Morgan fingerprint density at radius 2 is 2.08 bits per heavy atom. The van der Waals surface area contributed by atoms with Crippen LogP contribution in [0.4, 0.5) is 0 Å². The van der Waals surface area contributed by atoms with Gasteiger partial charge in [0.15, 0.2) is 5.75 Å². The monoisotopic (exact) mass is 175 g/mol. The quantitative estimate of drug-likeness (QED) is 0.720. The van der Waals surface area contributed by atoms with Crippen molar-refractivity contribution in [2.24, 2.45) is 0 Å². The van der Waals surface area contributed by atoms with Gasteiger partial charge in [0.05, 0.1) is 12.6 Å². The van der Waals surface area contributed by atoms with Crippen LogP contribution in [0, 0.1) is 0 Å². The molecule has 3 nitrogen and oxygen atoms in total. The van der Waals surface area contributed by atoms with Gasteiger partial charge in [0.25, 0.3) is 5.88 Å². The predicted octanol–water partition coefficient (Wildman–Crippen LogP) is 1.95. The van der Waals surface area contributed by atoms with Crippen molar-refractivity contribution in [2.75, 3.05) is 7.11 Å². The summed E-state index contributed by atoms with van der Waals surface area (Å²) in [5.41, 5.74) is 0.817. The van der Waals surface area contributed by atoms with Gasteiger partial charge in [0, 0.05) is 5.39 Å². The lowest BCUT2D eigenvalue weighted by atomic mass is 10.2. The SMILES string of the molecule is COc1nc2ccccc2cc1O. The summed E-state index contributed by atoms with van der Waals surface area (Å²) in [6.07, 6.45) is 0. The van der Waals surface area contributed by atoms with E-state index in [0.717, 1.165) is 10.9 Å². The van der Waals surface area contributed by atoms with Crippen LogP contribution in [0.1, 0.15) is 0 Å². The van der Waals surface area contributed by atoms with E-state index in [1.54, 1.807) is 6.07 Å². The molecule has 2 aromatic rings. The second-order valence-corrected chi connectivity index (χ2v) is 2.71. The summed E-state index contributed by atoms with van der Waals surface area (Å²) < 4.78 is 4.89. The summed E-state index contributed by atoms with van der Waals surface area (Å²) in [6.45, 7) is 0. The van der Waals surface area contributed by atoms with Crippen LogP contribution in [0.15, 0.2) is 30.3 Å². The van der Waals surface area contributed by atoms with Gasteiger partial charge in [-0.05, 0) is 12.1 Å². The molecule has 1 aromatic heterocycles. The van der Waals surface area contributed by atoms with Crippen LogP contribution in [-0.2, 0) is 0 Å². The van der Waals surface area contributed by atoms with Crippen molar-refractivity contribution in [2.45, 2.75) is 0 Å². The molecular formula is C10H9NO2. The highest BCUT2D eigenvalue weighted by Crippen LogP contribution is 2.26. The van der Waals surface area contributed by atoms with E-state index in [1.807, 2.05) is 24.3 Å². The first kappa shape index (κ1) is 7.86. The zero-order chi connectivity index (χ0) is 9.26. The number of pyridine rings is 1. The van der Waals surface area contributed by atoms with E-state index in [0.29, 0.717) is 0 Å². The Morgan fingerprint density at radius 3 is 2.85 bits per heavy atom. The second-order valence-electron chi connectivity index (χ2n) is 2.71. The molecule has 0 radical (unpaired) electrons. The molecule has 0 fully saturated rings. The Labute approximate surface area is 75.6 Å². The molecule has 3 heteroatoms. The van der Waals surface area contributed by atoms with Crippen LogP contribution in [-0.4, -0.2) is 17.2 Å². The maximum absolute atomic E-state index is 9.42. The topological polar surface area (TPSA) is 42.4 Å². The standard InChI is InChI=1S/C10H9NO2/c1-13-10-9(12)6-7-4-2-3-5-8(7)11-10/h2-6,12H,1H3. The molecule has 2 rings (SSSR count). The van der Waals surface area contributed by atoms with Gasteiger partial charge in [-0.25, -0.2) is 4.98 Å². The molecule has 0 unspecified atom stereocenters. The number of benzene rings is 1. The molecule has 0 spiro atoms. The van der Waals surface area contributed by atoms with Crippen LogP contribution >= 0.6 is 0 Å². The lowest BCUT2D eigenvalue weighted by Gasteiger charge is -2.03. The Hall–Kier alpha value is -1.77. The third kappa shape index (κ3) is 1.28. The maximum Gasteiger partial charge on any atom is 0.257 e. The highest BCUT2D eigenvalue weighted by atomic mass is 16.5. The van der Waals surface area contributed by atoms with E-state index in [9.17, 15) is 5.11 Å². The fourth-order valence-corrected chi connectivity index (χ4v) is 1.24. The lowest BCUT2D eigenvalue weighted by Crippen LogP contribution is -1.88. The fourth-order valence-electron chi connectivity index (χ4n) is 1.24. The number of ether oxygens (including phenoxy) is 1. The molecule has 0 saturated heterocycles. The molecule has 66 valence electrons. The summed E-state index contributed by atoms with van der Waals surface area (Å²) in [6, 6.07) is 9.20. The second kappa shape index (κ2) is 2.94. The molecule has 0 amide bonds. The molecular weight excluding hydrogens is 166 g/mol. The molecule has 0 saturated carbocycles. The van der Waals surface area contributed by atoms with Gasteiger partial charge in [-0.15, -0.1) is 0 Å². The van der Waals surface area contributed by atoms with Gasteiger partial charge < -0.3 is 9.84 Å². The molecule has 0 bridgehead atoms. The molecule has 1 N–H and O–H groups in total. The number of nitrogens with zero attached hydrogens (tertiary/aromatic N) is 1. The summed E-state index contributed by atoms with van der Waals surface area (Å²) in [5.74, 6) is 0.333. The third-order valence-corrected chi connectivity index (χ3v) is 1.86. The van der Waals surface area contributed by atoms with Gasteiger partial charge in [0.2, 0.25) is 0 Å². The van der Waals surface area contributed by atoms with Crippen LogP contribution in [0.25, 0.3) is 10.9 Å². The van der Waals surface area contributed by atoms with Gasteiger partial charge >= 0.3 is 0 Å². The number of methoxy groups -OCH3 is 1. The average Bonchev–Trinajstić information content (AvgIpc) is 2.17. The highest BCUT2D eigenvalue weighted by Gasteiger charge is 2.03. The van der Waals surface area contributed by atoms with Crippen molar-refractivity contribution in [3.63, 3.8) is 0 Å². The first-order valence-electron chi connectivity index (χ1n) is 3.94. The van der Waals surface area contributed by atoms with Gasteiger partial charge in [-0.1, -0.05) is 18.2 Å². The maximum atomic E-state index is 9.42. The van der Waals surface area contributed by atoms with Crippen molar-refractivity contribution in [1.29, 1.82) is 0 Å². The van der Waals surface area contributed by atoms with Gasteiger partial charge in [-0.3, -0.25) is 0 Å². The van der Waals surface area contributed by atoms with Gasteiger partial charge in [-0.2, -0.15) is 0 Å². The Balaban J connectivity index is 2.74. The van der Waals surface area contributed by atoms with Crippen molar-refractivity contribution >= 4 is 10.9 Å². The molecule has 1 aromatic carbocycles. The van der Waals surface area contributed by atoms with Gasteiger partial charge in [0.1, 0.15) is 0 Å². The van der Waals surface area contributed by atoms with E-state index in [2.05, 4.69) is 4.98 Å². The van der Waals surface area contributed by atoms with E-state index < -0.39 is 0 Å². The molecule has 1 heterocycles. The Bertz CT molecular complexity index is 440. The number of hydrogen-bond donors (Lipinski definition) is 1. The first-order valence-corrected chi connectivity index (χ1v) is 3.94. The van der Waals surface area contributed by atoms with E-state index in [1.165, 1.54) is 7.11 Å². The lowest BCUT2D eigenvalue weighted by molar-refractivity contribution is 0.360. The van der Waals surface area contributed by atoms with E-state index >= 15 is 0 Å². The predicted molar refractivity (Wildman–Crippen MR) is 50.0 cm³/mol. The minimum Gasteiger partial charge on any atom is -0.503 e. The van der Waals surface area contributed by atoms with E-state index in [-0.39, 0.29) is 11.6 Å². The van der Waals surface area contributed by atoms with Crippen molar-refractivity contribution < 1.29 is 9.84 Å². The van der Waals surface area contributed by atoms with Crippen molar-refractivity contribution in [3.05, 3.63) is 30.3 Å². The zero-order valence-corrected chi connectivity index (χ0v) is 7.19. The van der Waals surface area contributed by atoms with Crippen molar-refractivity contribution in [1.82, 2.24) is 4.98 Å². The highest BCUT2D eigenvalue weighted by molar-refractivity contribution is 5.80. The van der Waals surface area contributed by atoms with Crippen LogP contribution < -0.4 is 4.74 Å². The largest absolute Gasteiger partial charge is 0.503 e. The number of rotatable bonds is 1. The van der Waals surface area contributed by atoms with Crippen molar-refractivity contribution in [3.8, 4) is 11.6 Å². The number of fused-ring (bicyclic) bond motifs is 1. The molecule has 0 atom stereocenters. The van der Waals surface area contributed by atoms with E-state index in [4.69, 9.17) is 4.74 Å². The smallest absolute Gasteiger partial charge is 0.257 e. The summed E-state index contributed by atoms with van der Waals surface area (Å²) in [7, 11) is 1.48. The molecule has 0 aliphatic rings.